The van der Waals surface area contributed by atoms with E-state index in [1.54, 1.807) is 24.3 Å². The van der Waals surface area contributed by atoms with Crippen molar-refractivity contribution >= 4 is 34.5 Å². The monoisotopic (exact) mass is 446 g/mol. The molecule has 0 N–H and O–H groups in total. The van der Waals surface area contributed by atoms with Crippen molar-refractivity contribution in [1.29, 1.82) is 0 Å². The molecule has 1 aromatic rings. The van der Waals surface area contributed by atoms with E-state index in [9.17, 15) is 26.3 Å². The van der Waals surface area contributed by atoms with Crippen LogP contribution in [0.1, 0.15) is 5.56 Å². The molecular weight excluding hydrogens is 437 g/mol. The van der Waals surface area contributed by atoms with Gasteiger partial charge in [0.05, 0.1) is 6.61 Å². The molecule has 0 aliphatic heterocycles. The standard InChI is InChI=1S/C11H10BrF6O3PS/c12-9-3-1-8(2-4-9)5-19-22(23,20-6-10(13,14)15)21-7-11(16,17)18/h1-4H,5-7H2. The molecule has 12 heteroatoms. The predicted octanol–water partition coefficient (Wildman–Crippen LogP) is 5.35. The second-order valence-electron chi connectivity index (χ2n) is 4.12. The predicted molar refractivity (Wildman–Crippen MR) is 77.2 cm³/mol. The second-order valence-corrected chi connectivity index (χ2v) is 8.05. The summed E-state index contributed by atoms with van der Waals surface area (Å²) in [6.07, 6.45) is -9.54. The SMILES string of the molecule is FC(F)(F)COP(=S)(OCc1ccc(Br)cc1)OCC(F)(F)F. The van der Waals surface area contributed by atoms with Crippen LogP contribution in [0.4, 0.5) is 26.3 Å². The lowest BCUT2D eigenvalue weighted by Crippen LogP contribution is -2.20. The molecule has 1 rings (SSSR count). The summed E-state index contributed by atoms with van der Waals surface area (Å²) in [5.74, 6) is 0. The first-order valence-electron chi connectivity index (χ1n) is 5.80. The molecule has 0 aliphatic rings. The molecular formula is C11H10BrF6O3PS. The molecule has 0 aromatic heterocycles. The van der Waals surface area contributed by atoms with Crippen LogP contribution in [0.3, 0.4) is 0 Å². The molecule has 0 atom stereocenters. The van der Waals surface area contributed by atoms with Gasteiger partial charge in [-0.05, 0) is 29.5 Å². The van der Waals surface area contributed by atoms with E-state index in [0.29, 0.717) is 5.56 Å². The average Bonchev–Trinajstić information content (AvgIpc) is 2.41. The van der Waals surface area contributed by atoms with Crippen molar-refractivity contribution < 1.29 is 39.9 Å². The Morgan fingerprint density at radius 1 is 0.870 bits per heavy atom. The summed E-state index contributed by atoms with van der Waals surface area (Å²) in [6.45, 7) is -8.27. The number of hydrogen-bond donors (Lipinski definition) is 0. The van der Waals surface area contributed by atoms with Crippen molar-refractivity contribution in [1.82, 2.24) is 0 Å². The molecule has 0 unspecified atom stereocenters. The van der Waals surface area contributed by atoms with E-state index in [0.717, 1.165) is 4.47 Å². The highest BCUT2D eigenvalue weighted by Crippen LogP contribution is 2.52. The van der Waals surface area contributed by atoms with Crippen molar-refractivity contribution in [3.05, 3.63) is 34.3 Å². The van der Waals surface area contributed by atoms with E-state index in [4.69, 9.17) is 4.52 Å². The number of alkyl halides is 6. The summed E-state index contributed by atoms with van der Waals surface area (Å²) in [6, 6.07) is 6.35. The fourth-order valence-electron chi connectivity index (χ4n) is 1.15. The number of rotatable bonds is 7. The zero-order valence-electron chi connectivity index (χ0n) is 11.2. The lowest BCUT2D eigenvalue weighted by molar-refractivity contribution is -0.167. The molecule has 0 bridgehead atoms. The third-order valence-corrected chi connectivity index (χ3v) is 4.89. The number of benzene rings is 1. The zero-order chi connectivity index (χ0) is 17.7. The van der Waals surface area contributed by atoms with Crippen LogP contribution in [0.25, 0.3) is 0 Å². The minimum Gasteiger partial charge on any atom is -0.304 e. The molecule has 1 aromatic carbocycles. The second kappa shape index (κ2) is 8.26. The van der Waals surface area contributed by atoms with Gasteiger partial charge in [-0.2, -0.15) is 26.3 Å². The van der Waals surface area contributed by atoms with Gasteiger partial charge in [0, 0.05) is 4.47 Å². The Morgan fingerprint density at radius 3 is 1.70 bits per heavy atom. The Kier molecular flexibility index (Phi) is 7.49. The summed E-state index contributed by atoms with van der Waals surface area (Å²) in [4.78, 5) is 0. The van der Waals surface area contributed by atoms with E-state index < -0.39 is 32.3 Å². The fourth-order valence-corrected chi connectivity index (χ4v) is 3.03. The summed E-state index contributed by atoms with van der Waals surface area (Å²) in [7, 11) is 0. The van der Waals surface area contributed by atoms with Crippen LogP contribution in [0.2, 0.25) is 0 Å². The van der Waals surface area contributed by atoms with Gasteiger partial charge in [-0.15, -0.1) is 0 Å². The van der Waals surface area contributed by atoms with Gasteiger partial charge in [-0.3, -0.25) is 9.05 Å². The van der Waals surface area contributed by atoms with E-state index in [-0.39, 0.29) is 6.61 Å². The van der Waals surface area contributed by atoms with Gasteiger partial charge in [-0.25, -0.2) is 0 Å². The van der Waals surface area contributed by atoms with Crippen molar-refractivity contribution in [2.45, 2.75) is 19.0 Å². The smallest absolute Gasteiger partial charge is 0.304 e. The Hall–Kier alpha value is -0.190. The fraction of sp³-hybridized carbons (Fsp3) is 0.455. The van der Waals surface area contributed by atoms with Gasteiger partial charge < -0.3 is 4.52 Å². The van der Waals surface area contributed by atoms with E-state index in [2.05, 4.69) is 36.8 Å². The molecule has 0 radical (unpaired) electrons. The van der Waals surface area contributed by atoms with Crippen LogP contribution >= 0.6 is 22.6 Å². The van der Waals surface area contributed by atoms with Gasteiger partial charge in [0.15, 0.2) is 13.2 Å². The minimum atomic E-state index is -4.77. The lowest BCUT2D eigenvalue weighted by Gasteiger charge is -2.23. The normalized spacial score (nSPS) is 13.3. The van der Waals surface area contributed by atoms with Gasteiger partial charge in [-0.1, -0.05) is 28.1 Å². The molecule has 0 aliphatic carbocycles. The van der Waals surface area contributed by atoms with Crippen molar-refractivity contribution in [2.75, 3.05) is 13.2 Å². The van der Waals surface area contributed by atoms with Gasteiger partial charge >= 0.3 is 19.1 Å². The van der Waals surface area contributed by atoms with E-state index in [1.165, 1.54) is 0 Å². The lowest BCUT2D eigenvalue weighted by atomic mass is 10.2. The quantitative estimate of drug-likeness (QED) is 0.417. The molecule has 0 heterocycles. The first-order valence-corrected chi connectivity index (χ1v) is 9.15. The summed E-state index contributed by atoms with van der Waals surface area (Å²) in [5, 5.41) is 0. The molecule has 3 nitrogen and oxygen atoms in total. The van der Waals surface area contributed by atoms with Crippen LogP contribution in [-0.4, -0.2) is 25.6 Å². The van der Waals surface area contributed by atoms with Gasteiger partial charge in [0.2, 0.25) is 0 Å². The first kappa shape index (κ1) is 20.9. The van der Waals surface area contributed by atoms with E-state index in [1.807, 2.05) is 0 Å². The van der Waals surface area contributed by atoms with Gasteiger partial charge in [0.25, 0.3) is 0 Å². The number of hydrogen-bond acceptors (Lipinski definition) is 4. The van der Waals surface area contributed by atoms with Crippen molar-refractivity contribution in [3.8, 4) is 0 Å². The molecule has 132 valence electrons. The third kappa shape index (κ3) is 9.63. The van der Waals surface area contributed by atoms with Crippen molar-refractivity contribution in [2.24, 2.45) is 0 Å². The first-order chi connectivity index (χ1) is 10.4. The summed E-state index contributed by atoms with van der Waals surface area (Å²) < 4.78 is 87.3. The Balaban J connectivity index is 2.73. The molecule has 23 heavy (non-hydrogen) atoms. The Bertz CT molecular complexity index is 526. The summed E-state index contributed by atoms with van der Waals surface area (Å²) >= 11 is 7.77. The maximum atomic E-state index is 12.2. The highest BCUT2D eigenvalue weighted by atomic mass is 79.9. The Morgan fingerprint density at radius 2 is 1.30 bits per heavy atom. The maximum Gasteiger partial charge on any atom is 0.412 e. The molecule has 0 spiro atoms. The molecule has 0 amide bonds. The maximum absolute atomic E-state index is 12.2. The molecule has 0 saturated heterocycles. The molecule has 0 saturated carbocycles. The van der Waals surface area contributed by atoms with Crippen molar-refractivity contribution in [3.63, 3.8) is 0 Å². The Labute approximate surface area is 141 Å². The van der Waals surface area contributed by atoms with Gasteiger partial charge in [0.1, 0.15) is 0 Å². The number of halogens is 7. The average molecular weight is 447 g/mol. The third-order valence-electron chi connectivity index (χ3n) is 2.08. The van der Waals surface area contributed by atoms with Crippen LogP contribution in [0.5, 0.6) is 0 Å². The minimum absolute atomic E-state index is 0.347. The topological polar surface area (TPSA) is 27.7 Å². The van der Waals surface area contributed by atoms with Crippen LogP contribution < -0.4 is 0 Å². The largest absolute Gasteiger partial charge is 0.412 e. The highest BCUT2D eigenvalue weighted by Gasteiger charge is 2.36. The van der Waals surface area contributed by atoms with E-state index >= 15 is 0 Å². The highest BCUT2D eigenvalue weighted by molar-refractivity contribution is 9.10. The van der Waals surface area contributed by atoms with Crippen LogP contribution in [0.15, 0.2) is 28.7 Å². The van der Waals surface area contributed by atoms with Crippen LogP contribution in [-0.2, 0) is 32.0 Å². The molecule has 0 fully saturated rings. The van der Waals surface area contributed by atoms with Crippen LogP contribution in [0, 0.1) is 0 Å². The summed E-state index contributed by atoms with van der Waals surface area (Å²) in [5.41, 5.74) is 0.480. The zero-order valence-corrected chi connectivity index (χ0v) is 14.5.